The van der Waals surface area contributed by atoms with Crippen LogP contribution in [0, 0.1) is 0 Å². The molecule has 3 aromatic carbocycles. The van der Waals surface area contributed by atoms with Gasteiger partial charge in [0.15, 0.2) is 0 Å². The largest absolute Gasteiger partial charge is 0.489 e. The Hall–Kier alpha value is -4.27. The summed E-state index contributed by atoms with van der Waals surface area (Å²) >= 11 is 0. The van der Waals surface area contributed by atoms with Gasteiger partial charge in [0.1, 0.15) is 12.4 Å². The van der Waals surface area contributed by atoms with Gasteiger partial charge in [-0.3, -0.25) is 9.59 Å². The summed E-state index contributed by atoms with van der Waals surface area (Å²) < 4.78 is 44.2. The fourth-order valence-electron chi connectivity index (χ4n) is 2.98. The summed E-state index contributed by atoms with van der Waals surface area (Å²) in [5, 5.41) is 8.11. The second-order valence-corrected chi connectivity index (χ2v) is 7.79. The highest BCUT2D eigenvalue weighted by molar-refractivity contribution is 6.05. The van der Waals surface area contributed by atoms with Gasteiger partial charge in [0.25, 0.3) is 5.91 Å². The zero-order valence-corrected chi connectivity index (χ0v) is 18.9. The highest BCUT2D eigenvalue weighted by Gasteiger charge is 2.30. The summed E-state index contributed by atoms with van der Waals surface area (Å²) in [4.78, 5) is 24.8. The Balaban J connectivity index is 1.54. The van der Waals surface area contributed by atoms with E-state index in [0.717, 1.165) is 23.4 Å². The van der Waals surface area contributed by atoms with E-state index in [1.54, 1.807) is 36.4 Å². The average molecular weight is 483 g/mol. The lowest BCUT2D eigenvalue weighted by Crippen LogP contribution is -2.22. The molecule has 0 aliphatic rings. The van der Waals surface area contributed by atoms with Crippen LogP contribution in [0.1, 0.15) is 22.8 Å². The summed E-state index contributed by atoms with van der Waals surface area (Å²) in [6.07, 6.45) is -4.51. The van der Waals surface area contributed by atoms with Gasteiger partial charge in [-0.05, 0) is 73.2 Å². The number of hydrogen-bond donors (Lipinski definition) is 3. The predicted octanol–water partition coefficient (Wildman–Crippen LogP) is 5.96. The van der Waals surface area contributed by atoms with Gasteiger partial charge in [-0.15, -0.1) is 0 Å². The third-order valence-corrected chi connectivity index (χ3v) is 4.65. The van der Waals surface area contributed by atoms with Crippen molar-refractivity contribution < 1.29 is 27.5 Å². The van der Waals surface area contributed by atoms with Crippen LogP contribution in [0.25, 0.3) is 0 Å². The van der Waals surface area contributed by atoms with Crippen LogP contribution in [0.2, 0.25) is 0 Å². The fraction of sp³-hybridized carbons (Fsp3) is 0.154. The zero-order chi connectivity index (χ0) is 25.4. The second-order valence-electron chi connectivity index (χ2n) is 7.79. The molecule has 3 rings (SSSR count). The molecule has 2 amide bonds. The average Bonchev–Trinajstić information content (AvgIpc) is 2.82. The van der Waals surface area contributed by atoms with Gasteiger partial charge in [-0.1, -0.05) is 18.7 Å². The first-order valence-electron chi connectivity index (χ1n) is 10.6. The van der Waals surface area contributed by atoms with E-state index in [-0.39, 0.29) is 23.7 Å². The first-order valence-corrected chi connectivity index (χ1v) is 10.6. The molecule has 0 saturated heterocycles. The number of halogens is 3. The highest BCUT2D eigenvalue weighted by Crippen LogP contribution is 2.30. The monoisotopic (exact) mass is 483 g/mol. The molecule has 3 N–H and O–H groups in total. The second kappa shape index (κ2) is 11.2. The summed E-state index contributed by atoms with van der Waals surface area (Å²) in [6, 6.07) is 17.6. The van der Waals surface area contributed by atoms with Crippen LogP contribution in [0.15, 0.2) is 84.9 Å². The maximum Gasteiger partial charge on any atom is 0.416 e. The molecule has 0 radical (unpaired) electrons. The standard InChI is InChI=1S/C26H24F3N3O3/c1-17(2)16-35-23-11-9-20(10-12-23)30-15-24(33)31-21-7-3-5-18(13-21)25(34)32-22-8-4-6-19(14-22)26(27,28)29/h3-14,30H,1,15-16H2,2H3,(H,31,33)(H,32,34). The molecule has 0 spiro atoms. The van der Waals surface area contributed by atoms with Gasteiger partial charge in [0, 0.05) is 22.6 Å². The molecule has 9 heteroatoms. The van der Waals surface area contributed by atoms with Gasteiger partial charge in [0.05, 0.1) is 12.1 Å². The lowest BCUT2D eigenvalue weighted by molar-refractivity contribution is -0.137. The molecular weight excluding hydrogens is 459 g/mol. The minimum atomic E-state index is -4.51. The molecule has 0 aliphatic heterocycles. The van der Waals surface area contributed by atoms with Crippen molar-refractivity contribution in [2.45, 2.75) is 13.1 Å². The Labute approximate surface area is 200 Å². The van der Waals surface area contributed by atoms with Crippen LogP contribution < -0.4 is 20.7 Å². The molecule has 0 unspecified atom stereocenters. The number of anilines is 3. The van der Waals surface area contributed by atoms with Crippen LogP contribution in [-0.4, -0.2) is 25.0 Å². The number of carbonyl (C=O) groups excluding carboxylic acids is 2. The number of hydrogen-bond acceptors (Lipinski definition) is 4. The van der Waals surface area contributed by atoms with Crippen molar-refractivity contribution >= 4 is 28.9 Å². The quantitative estimate of drug-likeness (QED) is 0.328. The predicted molar refractivity (Wildman–Crippen MR) is 130 cm³/mol. The van der Waals surface area contributed by atoms with Crippen LogP contribution in [-0.2, 0) is 11.0 Å². The van der Waals surface area contributed by atoms with Crippen LogP contribution >= 0.6 is 0 Å². The van der Waals surface area contributed by atoms with Gasteiger partial charge >= 0.3 is 6.18 Å². The molecule has 35 heavy (non-hydrogen) atoms. The summed E-state index contributed by atoms with van der Waals surface area (Å²) in [6.45, 7) is 6.04. The summed E-state index contributed by atoms with van der Waals surface area (Å²) in [5.41, 5.74) is 1.33. The minimum absolute atomic E-state index is 0.0134. The Morgan fingerprint density at radius 3 is 2.20 bits per heavy atom. The molecule has 0 fully saturated rings. The summed E-state index contributed by atoms with van der Waals surface area (Å²) in [5.74, 6) is -0.265. The maximum absolute atomic E-state index is 12.9. The molecule has 182 valence electrons. The molecular formula is C26H24F3N3O3. The lowest BCUT2D eigenvalue weighted by Gasteiger charge is -2.11. The number of carbonyl (C=O) groups is 2. The van der Waals surface area contributed by atoms with E-state index in [1.807, 2.05) is 6.92 Å². The normalized spacial score (nSPS) is 10.9. The van der Waals surface area contributed by atoms with Crippen molar-refractivity contribution in [3.63, 3.8) is 0 Å². The van der Waals surface area contributed by atoms with E-state index in [1.165, 1.54) is 24.3 Å². The van der Waals surface area contributed by atoms with E-state index in [2.05, 4.69) is 22.5 Å². The third kappa shape index (κ3) is 7.92. The number of rotatable bonds is 9. The topological polar surface area (TPSA) is 79.5 Å². The molecule has 6 nitrogen and oxygen atoms in total. The van der Waals surface area contributed by atoms with Crippen LogP contribution in [0.3, 0.4) is 0 Å². The smallest absolute Gasteiger partial charge is 0.416 e. The number of amides is 2. The molecule has 0 aliphatic carbocycles. The van der Waals surface area contributed by atoms with E-state index in [0.29, 0.717) is 18.0 Å². The van der Waals surface area contributed by atoms with E-state index >= 15 is 0 Å². The molecule has 3 aromatic rings. The van der Waals surface area contributed by atoms with Gasteiger partial charge in [0.2, 0.25) is 5.91 Å². The highest BCUT2D eigenvalue weighted by atomic mass is 19.4. The van der Waals surface area contributed by atoms with E-state index < -0.39 is 17.6 Å². The van der Waals surface area contributed by atoms with E-state index in [9.17, 15) is 22.8 Å². The van der Waals surface area contributed by atoms with Crippen molar-refractivity contribution in [3.05, 3.63) is 96.1 Å². The molecule has 0 aromatic heterocycles. The van der Waals surface area contributed by atoms with Crippen molar-refractivity contribution in [3.8, 4) is 5.75 Å². The fourth-order valence-corrected chi connectivity index (χ4v) is 2.98. The molecule has 0 bridgehead atoms. The Morgan fingerprint density at radius 1 is 0.886 bits per heavy atom. The molecule has 0 atom stereocenters. The number of benzene rings is 3. The Bertz CT molecular complexity index is 1210. The number of ether oxygens (including phenoxy) is 1. The minimum Gasteiger partial charge on any atom is -0.489 e. The zero-order valence-electron chi connectivity index (χ0n) is 18.9. The SMILES string of the molecule is C=C(C)COc1ccc(NCC(=O)Nc2cccc(C(=O)Nc3cccc(C(F)(F)F)c3)c2)cc1. The number of nitrogens with one attached hydrogen (secondary N) is 3. The van der Waals surface area contributed by atoms with Gasteiger partial charge < -0.3 is 20.7 Å². The van der Waals surface area contributed by atoms with Gasteiger partial charge in [-0.25, -0.2) is 0 Å². The Kier molecular flexibility index (Phi) is 8.14. The van der Waals surface area contributed by atoms with Crippen molar-refractivity contribution in [2.24, 2.45) is 0 Å². The summed E-state index contributed by atoms with van der Waals surface area (Å²) in [7, 11) is 0. The number of alkyl halides is 3. The van der Waals surface area contributed by atoms with E-state index in [4.69, 9.17) is 4.74 Å². The van der Waals surface area contributed by atoms with Gasteiger partial charge in [-0.2, -0.15) is 13.2 Å². The Morgan fingerprint density at radius 2 is 1.54 bits per heavy atom. The first-order chi connectivity index (χ1) is 16.6. The first kappa shape index (κ1) is 25.4. The lowest BCUT2D eigenvalue weighted by atomic mass is 10.1. The maximum atomic E-state index is 12.9. The third-order valence-electron chi connectivity index (χ3n) is 4.65. The molecule has 0 saturated carbocycles. The van der Waals surface area contributed by atoms with Crippen LogP contribution in [0.5, 0.6) is 5.75 Å². The molecule has 0 heterocycles. The van der Waals surface area contributed by atoms with Crippen molar-refractivity contribution in [1.29, 1.82) is 0 Å². The van der Waals surface area contributed by atoms with Crippen molar-refractivity contribution in [2.75, 3.05) is 29.1 Å². The van der Waals surface area contributed by atoms with Crippen molar-refractivity contribution in [1.82, 2.24) is 0 Å². The van der Waals surface area contributed by atoms with Crippen LogP contribution in [0.4, 0.5) is 30.2 Å².